The van der Waals surface area contributed by atoms with E-state index in [9.17, 15) is 43.2 Å². The molecule has 1 unspecified atom stereocenters. The maximum atomic E-state index is 13.5. The first-order valence-corrected chi connectivity index (χ1v) is 22.8. The summed E-state index contributed by atoms with van der Waals surface area (Å²) in [6, 6.07) is -2.96. The third kappa shape index (κ3) is 20.9. The molecule has 0 spiro atoms. The number of amides is 10. The molecule has 21 nitrogen and oxygen atoms in total. The molecule has 7 atom stereocenters. The van der Waals surface area contributed by atoms with E-state index in [0.717, 1.165) is 25.0 Å². The highest BCUT2D eigenvalue weighted by Gasteiger charge is 2.42. The molecule has 22 heteroatoms. The Balaban J connectivity index is 1.77. The summed E-state index contributed by atoms with van der Waals surface area (Å²) in [5.41, 5.74) is 12.7. The van der Waals surface area contributed by atoms with Gasteiger partial charge in [0.05, 0.1) is 25.2 Å². The summed E-state index contributed by atoms with van der Waals surface area (Å²) in [4.78, 5) is 113. The molecule has 2 rings (SSSR count). The zero-order valence-corrected chi connectivity index (χ0v) is 37.4. The molecule has 0 saturated carbocycles. The summed E-state index contributed by atoms with van der Waals surface area (Å²) in [7, 11) is 0. The number of hydrogen-bond acceptors (Lipinski definition) is 12. The topological polar surface area (TPSA) is 334 Å². The lowest BCUT2D eigenvalue weighted by molar-refractivity contribution is -0.137. The second-order valence-corrected chi connectivity index (χ2v) is 18.1. The standard InChI is InChI=1S/C40H71N11O10S/c1-23(2)17-25(19-32(53)51-61)37(57)47-27(12-7-9-15-41)39(59)48-28(18-24(3)4)38(58)45-20-33(54)44-21-34(55)46-26(36(42)56)11-8-10-16-43-31(52)14-6-5-13-30-35-29(22-62-30)49-40(60)50-35/h23-30,35,61H,5-22,41H2,1-4H3,(H2,42,56)(H,43,52)(H,44,54)(H,45,58)(H,46,55)(H,47,57)(H,48,59)(H,51,53)(H2,49,50,60)/t25?,26-,27-,28-,29-,30-,35-/m0/s1. The van der Waals surface area contributed by atoms with E-state index in [4.69, 9.17) is 16.7 Å². The van der Waals surface area contributed by atoms with Crippen molar-refractivity contribution in [3.8, 4) is 0 Å². The molecule has 352 valence electrons. The Morgan fingerprint density at radius 2 is 1.37 bits per heavy atom. The van der Waals surface area contributed by atoms with Crippen LogP contribution in [0.1, 0.15) is 111 Å². The van der Waals surface area contributed by atoms with Crippen LogP contribution in [0.25, 0.3) is 0 Å². The van der Waals surface area contributed by atoms with Gasteiger partial charge in [0.25, 0.3) is 0 Å². The van der Waals surface area contributed by atoms with Gasteiger partial charge in [-0.3, -0.25) is 43.6 Å². The van der Waals surface area contributed by atoms with Gasteiger partial charge in [0, 0.05) is 36.3 Å². The van der Waals surface area contributed by atoms with Gasteiger partial charge in [-0.2, -0.15) is 11.8 Å². The van der Waals surface area contributed by atoms with Crippen molar-refractivity contribution in [2.75, 3.05) is 31.9 Å². The minimum Gasteiger partial charge on any atom is -0.368 e. The second kappa shape index (κ2) is 28.8. The van der Waals surface area contributed by atoms with Crippen LogP contribution in [0.2, 0.25) is 0 Å². The third-order valence-corrected chi connectivity index (χ3v) is 12.0. The van der Waals surface area contributed by atoms with Crippen molar-refractivity contribution >= 4 is 65.1 Å². The van der Waals surface area contributed by atoms with Gasteiger partial charge in [0.1, 0.15) is 18.1 Å². The fourth-order valence-corrected chi connectivity index (χ4v) is 8.82. The van der Waals surface area contributed by atoms with Crippen molar-refractivity contribution in [1.82, 2.24) is 48.0 Å². The van der Waals surface area contributed by atoms with E-state index in [1.165, 1.54) is 5.48 Å². The first kappa shape index (κ1) is 53.4. The van der Waals surface area contributed by atoms with Crippen molar-refractivity contribution in [2.45, 2.75) is 147 Å². The molecular weight excluding hydrogens is 827 g/mol. The number of nitrogens with two attached hydrogens (primary N) is 2. The molecule has 2 aliphatic heterocycles. The van der Waals surface area contributed by atoms with Crippen LogP contribution in [0, 0.1) is 17.8 Å². The average molecular weight is 898 g/mol. The Labute approximate surface area is 368 Å². The van der Waals surface area contributed by atoms with Crippen LogP contribution in [-0.2, 0) is 38.4 Å². The van der Waals surface area contributed by atoms with E-state index in [0.29, 0.717) is 56.9 Å². The molecule has 0 aromatic carbocycles. The zero-order chi connectivity index (χ0) is 46.2. The number of fused-ring (bicyclic) bond motifs is 1. The lowest BCUT2D eigenvalue weighted by Crippen LogP contribution is -2.55. The molecule has 0 bridgehead atoms. The summed E-state index contributed by atoms with van der Waals surface area (Å²) in [6.45, 7) is 7.13. The van der Waals surface area contributed by atoms with E-state index in [1.54, 1.807) is 0 Å². The van der Waals surface area contributed by atoms with E-state index >= 15 is 0 Å². The quantitative estimate of drug-likeness (QED) is 0.0171. The Bertz CT molecular complexity index is 1520. The van der Waals surface area contributed by atoms with Gasteiger partial charge in [0.2, 0.25) is 47.3 Å². The lowest BCUT2D eigenvalue weighted by atomic mass is 9.92. The Morgan fingerprint density at radius 3 is 2.03 bits per heavy atom. The molecule has 0 radical (unpaired) electrons. The maximum Gasteiger partial charge on any atom is 0.315 e. The highest BCUT2D eigenvalue weighted by molar-refractivity contribution is 8.00. The van der Waals surface area contributed by atoms with Gasteiger partial charge in [0.15, 0.2) is 0 Å². The predicted molar refractivity (Wildman–Crippen MR) is 232 cm³/mol. The fourth-order valence-electron chi connectivity index (χ4n) is 7.27. The molecule has 2 heterocycles. The molecule has 2 fully saturated rings. The average Bonchev–Trinajstić information content (AvgIpc) is 3.77. The van der Waals surface area contributed by atoms with Crippen LogP contribution in [0.3, 0.4) is 0 Å². The number of unbranched alkanes of at least 4 members (excludes halogenated alkanes) is 3. The summed E-state index contributed by atoms with van der Waals surface area (Å²) >= 11 is 1.84. The number of hydroxylamine groups is 1. The lowest BCUT2D eigenvalue weighted by Gasteiger charge is -2.26. The SMILES string of the molecule is CC(C)CC(CC(=O)NO)C(=O)N[C@@H](CCCCN)C(=O)N[C@@H](CC(C)C)C(=O)NCC(=O)NCC(=O)N[C@@H](CCCCNC(=O)CCCC[C@@H]1SC[C@@H]2NC(=O)N[C@@H]21)C(N)=O. The van der Waals surface area contributed by atoms with Gasteiger partial charge < -0.3 is 54.0 Å². The van der Waals surface area contributed by atoms with E-state index in [-0.39, 0.29) is 61.5 Å². The van der Waals surface area contributed by atoms with Crippen LogP contribution in [-0.4, -0.2) is 126 Å². The zero-order valence-electron chi connectivity index (χ0n) is 36.6. The van der Waals surface area contributed by atoms with Crippen LogP contribution < -0.4 is 59.5 Å². The van der Waals surface area contributed by atoms with E-state index in [2.05, 4.69) is 42.5 Å². The summed E-state index contributed by atoms with van der Waals surface area (Å²) < 4.78 is 0. The van der Waals surface area contributed by atoms with Gasteiger partial charge >= 0.3 is 6.03 Å². The molecule has 0 aromatic heterocycles. The highest BCUT2D eigenvalue weighted by Crippen LogP contribution is 2.33. The summed E-state index contributed by atoms with van der Waals surface area (Å²) in [6.07, 6.45) is 5.62. The molecule has 0 aromatic rings. The second-order valence-electron chi connectivity index (χ2n) is 16.8. The van der Waals surface area contributed by atoms with Crippen LogP contribution in [0.15, 0.2) is 0 Å². The monoisotopic (exact) mass is 898 g/mol. The first-order valence-electron chi connectivity index (χ1n) is 21.8. The Morgan fingerprint density at radius 1 is 0.710 bits per heavy atom. The maximum absolute atomic E-state index is 13.5. The molecule has 0 aliphatic carbocycles. The number of rotatable bonds is 31. The van der Waals surface area contributed by atoms with Crippen molar-refractivity contribution in [1.29, 1.82) is 0 Å². The predicted octanol–water partition coefficient (Wildman–Crippen LogP) is -1.10. The number of urea groups is 1. The molecule has 10 amide bonds. The molecule has 14 N–H and O–H groups in total. The van der Waals surface area contributed by atoms with Crippen LogP contribution in [0.4, 0.5) is 4.79 Å². The number of carbonyl (C=O) groups excluding carboxylic acids is 9. The molecule has 2 aliphatic rings. The van der Waals surface area contributed by atoms with Crippen molar-refractivity contribution in [3.05, 3.63) is 0 Å². The van der Waals surface area contributed by atoms with Crippen molar-refractivity contribution in [2.24, 2.45) is 29.2 Å². The number of nitrogens with one attached hydrogen (secondary N) is 9. The number of thioether (sulfide) groups is 1. The molecular formula is C40H71N11O10S. The van der Waals surface area contributed by atoms with Crippen molar-refractivity contribution in [3.63, 3.8) is 0 Å². The van der Waals surface area contributed by atoms with E-state index in [1.807, 2.05) is 39.5 Å². The van der Waals surface area contributed by atoms with Crippen LogP contribution in [0.5, 0.6) is 0 Å². The van der Waals surface area contributed by atoms with Gasteiger partial charge in [-0.15, -0.1) is 0 Å². The Hall–Kier alpha value is -4.70. The van der Waals surface area contributed by atoms with Gasteiger partial charge in [-0.1, -0.05) is 34.1 Å². The van der Waals surface area contributed by atoms with Gasteiger partial charge in [-0.25, -0.2) is 10.3 Å². The highest BCUT2D eigenvalue weighted by atomic mass is 32.2. The third-order valence-electron chi connectivity index (χ3n) is 10.5. The smallest absolute Gasteiger partial charge is 0.315 e. The summed E-state index contributed by atoms with van der Waals surface area (Å²) in [5, 5.41) is 30.8. The van der Waals surface area contributed by atoms with Crippen molar-refractivity contribution < 1.29 is 48.4 Å². The number of hydrogen-bond donors (Lipinski definition) is 12. The van der Waals surface area contributed by atoms with E-state index < -0.39 is 78.5 Å². The van der Waals surface area contributed by atoms with Gasteiger partial charge in [-0.05, 0) is 82.6 Å². The normalized spacial score (nSPS) is 18.6. The number of primary amides is 1. The fraction of sp³-hybridized carbons (Fsp3) is 0.775. The minimum absolute atomic E-state index is 0.0308. The first-order chi connectivity index (χ1) is 29.4. The number of carbonyl (C=O) groups is 9. The summed E-state index contributed by atoms with van der Waals surface area (Å²) in [5.74, 6) is -4.80. The molecule has 62 heavy (non-hydrogen) atoms. The van der Waals surface area contributed by atoms with Crippen LogP contribution >= 0.6 is 11.8 Å². The minimum atomic E-state index is -1.08. The largest absolute Gasteiger partial charge is 0.368 e. The molecule has 2 saturated heterocycles. The Kier molecular flexibility index (Phi) is 24.8.